The number of hydrogen-bond acceptors (Lipinski definition) is 2. The summed E-state index contributed by atoms with van der Waals surface area (Å²) in [5, 5.41) is 7.31. The fraction of sp³-hybridized carbons (Fsp3) is 0.0909. The van der Waals surface area contributed by atoms with Crippen LogP contribution in [0, 0.1) is 6.92 Å². The summed E-state index contributed by atoms with van der Waals surface area (Å²) < 4.78 is 3.79. The highest BCUT2D eigenvalue weighted by Crippen LogP contribution is 2.17. The molecule has 0 bridgehead atoms. The molecule has 0 unspecified atom stereocenters. The number of amides is 1. The van der Waals surface area contributed by atoms with Gasteiger partial charge in [-0.1, -0.05) is 36.4 Å². The lowest BCUT2D eigenvalue weighted by Gasteiger charge is -2.11. The van der Waals surface area contributed by atoms with E-state index in [4.69, 9.17) is 0 Å². The largest absolute Gasteiger partial charge is 0.339 e. The number of hydrogen-bond donors (Lipinski definition) is 1. The van der Waals surface area contributed by atoms with Crippen LogP contribution in [-0.4, -0.2) is 20.3 Å². The molecule has 4 rings (SSSR count). The molecular formula is C22H20N4O. The van der Waals surface area contributed by atoms with Crippen molar-refractivity contribution in [2.75, 3.05) is 5.32 Å². The van der Waals surface area contributed by atoms with Crippen LogP contribution in [-0.2, 0) is 6.54 Å². The molecule has 2 heterocycles. The quantitative estimate of drug-likeness (QED) is 0.580. The molecule has 0 fully saturated rings. The number of nitrogens with one attached hydrogen (secondary N) is 1. The highest BCUT2D eigenvalue weighted by atomic mass is 16.1. The molecule has 4 aromatic rings. The second-order valence-corrected chi connectivity index (χ2v) is 6.40. The molecule has 0 aliphatic carbocycles. The van der Waals surface area contributed by atoms with Crippen LogP contribution in [0.15, 0.2) is 85.2 Å². The third-order valence-corrected chi connectivity index (χ3v) is 4.44. The van der Waals surface area contributed by atoms with Gasteiger partial charge in [-0.15, -0.1) is 0 Å². The van der Waals surface area contributed by atoms with Gasteiger partial charge in [0.15, 0.2) is 0 Å². The molecule has 0 saturated carbocycles. The van der Waals surface area contributed by atoms with E-state index < -0.39 is 0 Å². The predicted molar refractivity (Wildman–Crippen MR) is 106 cm³/mol. The SMILES string of the molecule is Cc1ccnn1-c1cccc(NC(=O)c2cccn2Cc2ccccc2)c1. The average Bonchev–Trinajstić information content (AvgIpc) is 3.32. The zero-order chi connectivity index (χ0) is 18.6. The summed E-state index contributed by atoms with van der Waals surface area (Å²) >= 11 is 0. The molecule has 0 aliphatic heterocycles. The van der Waals surface area contributed by atoms with Crippen molar-refractivity contribution < 1.29 is 4.79 Å². The summed E-state index contributed by atoms with van der Waals surface area (Å²) in [5.74, 6) is -0.134. The molecule has 2 aromatic carbocycles. The number of benzene rings is 2. The van der Waals surface area contributed by atoms with Crippen LogP contribution in [0.4, 0.5) is 5.69 Å². The Labute approximate surface area is 157 Å². The minimum absolute atomic E-state index is 0.134. The van der Waals surface area contributed by atoms with E-state index in [1.54, 1.807) is 6.20 Å². The number of rotatable bonds is 5. The van der Waals surface area contributed by atoms with Crippen molar-refractivity contribution in [3.05, 3.63) is 102 Å². The Kier molecular flexibility index (Phi) is 4.58. The molecular weight excluding hydrogens is 336 g/mol. The van der Waals surface area contributed by atoms with Crippen LogP contribution >= 0.6 is 0 Å². The van der Waals surface area contributed by atoms with Gasteiger partial charge in [-0.3, -0.25) is 4.79 Å². The van der Waals surface area contributed by atoms with E-state index in [2.05, 4.69) is 22.5 Å². The van der Waals surface area contributed by atoms with Crippen molar-refractivity contribution in [3.63, 3.8) is 0 Å². The maximum absolute atomic E-state index is 12.8. The van der Waals surface area contributed by atoms with Crippen molar-refractivity contribution in [2.24, 2.45) is 0 Å². The molecule has 1 amide bonds. The summed E-state index contributed by atoms with van der Waals surface area (Å²) in [4.78, 5) is 12.8. The van der Waals surface area contributed by atoms with Crippen LogP contribution in [0.1, 0.15) is 21.7 Å². The number of aromatic nitrogens is 3. The fourth-order valence-corrected chi connectivity index (χ4v) is 3.09. The number of anilines is 1. The van der Waals surface area contributed by atoms with Gasteiger partial charge in [-0.25, -0.2) is 4.68 Å². The van der Waals surface area contributed by atoms with Crippen molar-refractivity contribution in [1.82, 2.24) is 14.3 Å². The van der Waals surface area contributed by atoms with E-state index in [0.29, 0.717) is 12.2 Å². The Balaban J connectivity index is 1.54. The third-order valence-electron chi connectivity index (χ3n) is 4.44. The van der Waals surface area contributed by atoms with Gasteiger partial charge in [0.05, 0.1) is 5.69 Å². The Morgan fingerprint density at radius 3 is 2.63 bits per heavy atom. The number of carbonyl (C=O) groups excluding carboxylic acids is 1. The van der Waals surface area contributed by atoms with Gasteiger partial charge < -0.3 is 9.88 Å². The fourth-order valence-electron chi connectivity index (χ4n) is 3.09. The highest BCUT2D eigenvalue weighted by molar-refractivity contribution is 6.03. The lowest BCUT2D eigenvalue weighted by atomic mass is 10.2. The predicted octanol–water partition coefficient (Wildman–Crippen LogP) is 4.28. The Morgan fingerprint density at radius 2 is 1.85 bits per heavy atom. The normalized spacial score (nSPS) is 10.7. The van der Waals surface area contributed by atoms with E-state index in [1.807, 2.05) is 83.0 Å². The minimum atomic E-state index is -0.134. The molecule has 0 aliphatic rings. The zero-order valence-corrected chi connectivity index (χ0v) is 15.0. The maximum Gasteiger partial charge on any atom is 0.272 e. The average molecular weight is 356 g/mol. The molecule has 0 radical (unpaired) electrons. The molecule has 27 heavy (non-hydrogen) atoms. The third kappa shape index (κ3) is 3.67. The lowest BCUT2D eigenvalue weighted by molar-refractivity contribution is 0.101. The van der Waals surface area contributed by atoms with Gasteiger partial charge in [0.2, 0.25) is 0 Å². The molecule has 5 nitrogen and oxygen atoms in total. The summed E-state index contributed by atoms with van der Waals surface area (Å²) in [6, 6.07) is 23.4. The molecule has 1 N–H and O–H groups in total. The number of aryl methyl sites for hydroxylation is 1. The highest BCUT2D eigenvalue weighted by Gasteiger charge is 2.12. The number of nitrogens with zero attached hydrogens (tertiary/aromatic N) is 3. The van der Waals surface area contributed by atoms with Crippen LogP contribution in [0.2, 0.25) is 0 Å². The smallest absolute Gasteiger partial charge is 0.272 e. The Bertz CT molecular complexity index is 1060. The van der Waals surface area contributed by atoms with Gasteiger partial charge in [-0.05, 0) is 48.9 Å². The van der Waals surface area contributed by atoms with Crippen LogP contribution < -0.4 is 5.32 Å². The summed E-state index contributed by atoms with van der Waals surface area (Å²) in [6.45, 7) is 2.65. The van der Waals surface area contributed by atoms with Gasteiger partial charge in [0.25, 0.3) is 5.91 Å². The van der Waals surface area contributed by atoms with Crippen molar-refractivity contribution in [2.45, 2.75) is 13.5 Å². The summed E-state index contributed by atoms with van der Waals surface area (Å²) in [5.41, 5.74) is 4.46. The van der Waals surface area contributed by atoms with Gasteiger partial charge in [-0.2, -0.15) is 5.10 Å². The molecule has 5 heteroatoms. The molecule has 0 saturated heterocycles. The lowest BCUT2D eigenvalue weighted by Crippen LogP contribution is -2.17. The van der Waals surface area contributed by atoms with E-state index in [0.717, 1.165) is 22.6 Å². The van der Waals surface area contributed by atoms with E-state index in [9.17, 15) is 4.79 Å². The van der Waals surface area contributed by atoms with Crippen molar-refractivity contribution in [1.29, 1.82) is 0 Å². The monoisotopic (exact) mass is 356 g/mol. The summed E-state index contributed by atoms with van der Waals surface area (Å²) in [6.07, 6.45) is 3.68. The van der Waals surface area contributed by atoms with Crippen molar-refractivity contribution >= 4 is 11.6 Å². The standard InChI is InChI=1S/C22H20N4O/c1-17-12-13-23-26(17)20-10-5-9-19(15-20)24-22(27)21-11-6-14-25(21)16-18-7-3-2-4-8-18/h2-15H,16H2,1H3,(H,24,27). The first kappa shape index (κ1) is 16.8. The second kappa shape index (κ2) is 7.33. The summed E-state index contributed by atoms with van der Waals surface area (Å²) in [7, 11) is 0. The van der Waals surface area contributed by atoms with Crippen LogP contribution in [0.5, 0.6) is 0 Å². The first-order chi connectivity index (χ1) is 13.2. The second-order valence-electron chi connectivity index (χ2n) is 6.40. The van der Waals surface area contributed by atoms with Gasteiger partial charge >= 0.3 is 0 Å². The Morgan fingerprint density at radius 1 is 1.00 bits per heavy atom. The molecule has 134 valence electrons. The first-order valence-electron chi connectivity index (χ1n) is 8.82. The van der Waals surface area contributed by atoms with E-state index in [1.165, 1.54) is 0 Å². The molecule has 0 atom stereocenters. The topological polar surface area (TPSA) is 51.9 Å². The Hall–Kier alpha value is -3.60. The first-order valence-corrected chi connectivity index (χ1v) is 8.82. The molecule has 2 aromatic heterocycles. The number of carbonyl (C=O) groups is 1. The van der Waals surface area contributed by atoms with Crippen LogP contribution in [0.3, 0.4) is 0 Å². The molecule has 0 spiro atoms. The minimum Gasteiger partial charge on any atom is -0.339 e. The van der Waals surface area contributed by atoms with E-state index >= 15 is 0 Å². The van der Waals surface area contributed by atoms with Crippen molar-refractivity contribution in [3.8, 4) is 5.69 Å². The van der Waals surface area contributed by atoms with E-state index in [-0.39, 0.29) is 5.91 Å². The zero-order valence-electron chi connectivity index (χ0n) is 15.0. The van der Waals surface area contributed by atoms with Gasteiger partial charge in [0.1, 0.15) is 5.69 Å². The van der Waals surface area contributed by atoms with Crippen LogP contribution in [0.25, 0.3) is 5.69 Å². The van der Waals surface area contributed by atoms with Gasteiger partial charge in [0, 0.05) is 30.3 Å². The maximum atomic E-state index is 12.8.